The summed E-state index contributed by atoms with van der Waals surface area (Å²) in [4.78, 5) is 11.2. The molecule has 1 aromatic carbocycles. The van der Waals surface area contributed by atoms with Crippen molar-refractivity contribution in [3.05, 3.63) is 36.2 Å². The van der Waals surface area contributed by atoms with Gasteiger partial charge in [-0.1, -0.05) is 12.1 Å². The second-order valence-electron chi connectivity index (χ2n) is 4.18. The van der Waals surface area contributed by atoms with Gasteiger partial charge in [0.15, 0.2) is 0 Å². The summed E-state index contributed by atoms with van der Waals surface area (Å²) in [7, 11) is 3.09. The Morgan fingerprint density at radius 1 is 1.40 bits per heavy atom. The molecule has 1 N–H and O–H groups in total. The maximum absolute atomic E-state index is 11.2. The Balaban J connectivity index is 2.39. The van der Waals surface area contributed by atoms with E-state index < -0.39 is 5.97 Å². The van der Waals surface area contributed by atoms with Crippen molar-refractivity contribution < 1.29 is 19.4 Å². The largest absolute Gasteiger partial charge is 0.495 e. The first-order valence-corrected chi connectivity index (χ1v) is 6.09. The van der Waals surface area contributed by atoms with Crippen molar-refractivity contribution in [2.75, 3.05) is 20.8 Å². The van der Waals surface area contributed by atoms with Gasteiger partial charge >= 0.3 is 5.97 Å². The number of para-hydroxylation sites is 1. The average Bonchev–Trinajstić information content (AvgIpc) is 2.92. The van der Waals surface area contributed by atoms with Gasteiger partial charge in [-0.3, -0.25) is 4.68 Å². The van der Waals surface area contributed by atoms with Gasteiger partial charge in [-0.05, 0) is 6.07 Å². The Hall–Kier alpha value is -2.34. The molecular formula is C14H16N2O4. The number of hydrogen-bond acceptors (Lipinski definition) is 4. The van der Waals surface area contributed by atoms with E-state index in [9.17, 15) is 9.90 Å². The van der Waals surface area contributed by atoms with Gasteiger partial charge in [0.25, 0.3) is 0 Å². The topological polar surface area (TPSA) is 73.6 Å². The standard InChI is InChI=1S/C14H16N2O4/c1-19-7-6-16-9-10(8-15-16)11-4-3-5-12(14(17)18)13(11)20-2/h3-5,8-9H,6-7H2,1-2H3,(H,17,18). The SMILES string of the molecule is COCCn1cc(-c2cccc(C(=O)O)c2OC)cn1. The minimum Gasteiger partial charge on any atom is -0.495 e. The molecule has 0 aliphatic rings. The number of ether oxygens (including phenoxy) is 2. The normalized spacial score (nSPS) is 10.5. The van der Waals surface area contributed by atoms with E-state index in [1.807, 2.05) is 12.3 Å². The van der Waals surface area contributed by atoms with Crippen molar-refractivity contribution in [2.45, 2.75) is 6.54 Å². The van der Waals surface area contributed by atoms with Crippen LogP contribution in [-0.4, -0.2) is 41.7 Å². The zero-order chi connectivity index (χ0) is 14.5. The highest BCUT2D eigenvalue weighted by Gasteiger charge is 2.16. The number of methoxy groups -OCH3 is 2. The average molecular weight is 276 g/mol. The molecule has 2 rings (SSSR count). The van der Waals surface area contributed by atoms with Crippen molar-refractivity contribution in [1.82, 2.24) is 9.78 Å². The molecule has 0 saturated carbocycles. The molecule has 0 aliphatic heterocycles. The van der Waals surface area contributed by atoms with E-state index >= 15 is 0 Å². The number of hydrogen-bond donors (Lipinski definition) is 1. The number of carboxylic acids is 1. The highest BCUT2D eigenvalue weighted by Crippen LogP contribution is 2.32. The fourth-order valence-corrected chi connectivity index (χ4v) is 1.96. The summed E-state index contributed by atoms with van der Waals surface area (Å²) in [5, 5.41) is 13.4. The van der Waals surface area contributed by atoms with E-state index in [0.717, 1.165) is 5.56 Å². The van der Waals surface area contributed by atoms with Crippen LogP contribution in [0.2, 0.25) is 0 Å². The van der Waals surface area contributed by atoms with Gasteiger partial charge in [0.2, 0.25) is 0 Å². The number of carboxylic acid groups (broad SMARTS) is 1. The highest BCUT2D eigenvalue weighted by atomic mass is 16.5. The fraction of sp³-hybridized carbons (Fsp3) is 0.286. The molecule has 1 aromatic heterocycles. The van der Waals surface area contributed by atoms with E-state index in [2.05, 4.69) is 5.10 Å². The first-order valence-electron chi connectivity index (χ1n) is 6.09. The maximum Gasteiger partial charge on any atom is 0.339 e. The zero-order valence-corrected chi connectivity index (χ0v) is 11.4. The van der Waals surface area contributed by atoms with Crippen LogP contribution >= 0.6 is 0 Å². The number of benzene rings is 1. The Morgan fingerprint density at radius 3 is 2.85 bits per heavy atom. The van der Waals surface area contributed by atoms with E-state index in [1.165, 1.54) is 13.2 Å². The summed E-state index contributed by atoms with van der Waals surface area (Å²) in [5.74, 6) is -0.679. The van der Waals surface area contributed by atoms with Crippen LogP contribution in [0.3, 0.4) is 0 Å². The molecule has 0 aliphatic carbocycles. The molecule has 0 bridgehead atoms. The van der Waals surface area contributed by atoms with Crippen molar-refractivity contribution in [2.24, 2.45) is 0 Å². The Morgan fingerprint density at radius 2 is 2.20 bits per heavy atom. The summed E-state index contributed by atoms with van der Waals surface area (Å²) in [6, 6.07) is 5.01. The van der Waals surface area contributed by atoms with Crippen LogP contribution in [0.15, 0.2) is 30.6 Å². The molecule has 0 amide bonds. The van der Waals surface area contributed by atoms with Gasteiger partial charge in [-0.25, -0.2) is 4.79 Å². The van der Waals surface area contributed by atoms with Crippen LogP contribution < -0.4 is 4.74 Å². The highest BCUT2D eigenvalue weighted by molar-refractivity contribution is 5.94. The molecule has 0 atom stereocenters. The Kier molecular flexibility index (Phi) is 4.37. The van der Waals surface area contributed by atoms with Crippen LogP contribution in [0.4, 0.5) is 0 Å². The Bertz CT molecular complexity index is 607. The molecule has 0 spiro atoms. The number of nitrogens with zero attached hydrogens (tertiary/aromatic N) is 2. The van der Waals surface area contributed by atoms with Crippen LogP contribution in [-0.2, 0) is 11.3 Å². The lowest BCUT2D eigenvalue weighted by Gasteiger charge is -2.09. The Labute approximate surface area is 116 Å². The van der Waals surface area contributed by atoms with Crippen molar-refractivity contribution >= 4 is 5.97 Å². The molecular weight excluding hydrogens is 260 g/mol. The van der Waals surface area contributed by atoms with Gasteiger partial charge in [-0.15, -0.1) is 0 Å². The van der Waals surface area contributed by atoms with Gasteiger partial charge < -0.3 is 14.6 Å². The van der Waals surface area contributed by atoms with E-state index in [1.54, 1.807) is 24.1 Å². The van der Waals surface area contributed by atoms with Gasteiger partial charge in [0.1, 0.15) is 11.3 Å². The predicted molar refractivity (Wildman–Crippen MR) is 73.1 cm³/mol. The molecule has 6 heteroatoms. The molecule has 0 saturated heterocycles. The minimum absolute atomic E-state index is 0.134. The van der Waals surface area contributed by atoms with Crippen LogP contribution in [0.25, 0.3) is 11.1 Å². The third kappa shape index (κ3) is 2.80. The first kappa shape index (κ1) is 14.1. The van der Waals surface area contributed by atoms with Crippen LogP contribution in [0.1, 0.15) is 10.4 Å². The zero-order valence-electron chi connectivity index (χ0n) is 11.4. The monoisotopic (exact) mass is 276 g/mol. The molecule has 1 heterocycles. The van der Waals surface area contributed by atoms with Crippen molar-refractivity contribution in [3.63, 3.8) is 0 Å². The number of aromatic carboxylic acids is 1. The smallest absolute Gasteiger partial charge is 0.339 e. The third-order valence-electron chi connectivity index (χ3n) is 2.92. The van der Waals surface area contributed by atoms with E-state index in [0.29, 0.717) is 24.5 Å². The molecule has 106 valence electrons. The predicted octanol–water partition coefficient (Wildman–Crippen LogP) is 1.90. The second-order valence-corrected chi connectivity index (χ2v) is 4.18. The number of rotatable bonds is 6. The van der Waals surface area contributed by atoms with Gasteiger partial charge in [-0.2, -0.15) is 5.10 Å². The van der Waals surface area contributed by atoms with Crippen molar-refractivity contribution in [1.29, 1.82) is 0 Å². The third-order valence-corrected chi connectivity index (χ3v) is 2.92. The van der Waals surface area contributed by atoms with Gasteiger partial charge in [0.05, 0.1) is 26.5 Å². The van der Waals surface area contributed by atoms with E-state index in [-0.39, 0.29) is 5.56 Å². The van der Waals surface area contributed by atoms with Crippen LogP contribution in [0.5, 0.6) is 5.75 Å². The lowest BCUT2D eigenvalue weighted by molar-refractivity contribution is 0.0693. The number of carbonyl (C=O) groups is 1. The molecule has 20 heavy (non-hydrogen) atoms. The molecule has 0 fully saturated rings. The first-order chi connectivity index (χ1) is 9.67. The minimum atomic E-state index is -1.02. The second kappa shape index (κ2) is 6.21. The van der Waals surface area contributed by atoms with Crippen LogP contribution in [0, 0.1) is 0 Å². The molecule has 0 radical (unpaired) electrons. The van der Waals surface area contributed by atoms with Gasteiger partial charge in [0, 0.05) is 24.4 Å². The maximum atomic E-state index is 11.2. The molecule has 6 nitrogen and oxygen atoms in total. The van der Waals surface area contributed by atoms with Crippen molar-refractivity contribution in [3.8, 4) is 16.9 Å². The fourth-order valence-electron chi connectivity index (χ4n) is 1.96. The summed E-state index contributed by atoms with van der Waals surface area (Å²) >= 11 is 0. The summed E-state index contributed by atoms with van der Waals surface area (Å²) < 4.78 is 12.0. The lowest BCUT2D eigenvalue weighted by atomic mass is 10.0. The summed E-state index contributed by atoms with van der Waals surface area (Å²) in [6.07, 6.45) is 3.52. The number of aromatic nitrogens is 2. The quantitative estimate of drug-likeness (QED) is 0.872. The summed E-state index contributed by atoms with van der Waals surface area (Å²) in [5.41, 5.74) is 1.65. The molecule has 0 unspecified atom stereocenters. The molecule has 2 aromatic rings. The summed E-state index contributed by atoms with van der Waals surface area (Å²) in [6.45, 7) is 1.20. The lowest BCUT2D eigenvalue weighted by Crippen LogP contribution is -2.04. The van der Waals surface area contributed by atoms with E-state index in [4.69, 9.17) is 9.47 Å².